The highest BCUT2D eigenvalue weighted by atomic mass is 16.5. The number of para-hydroxylation sites is 1. The van der Waals surface area contributed by atoms with Gasteiger partial charge in [-0.05, 0) is 36.6 Å². The van der Waals surface area contributed by atoms with Crippen molar-refractivity contribution in [3.8, 4) is 17.2 Å². The molecule has 0 radical (unpaired) electrons. The zero-order chi connectivity index (χ0) is 14.4. The largest absolute Gasteiger partial charge is 0.508 e. The number of ether oxygens (including phenoxy) is 1. The molecule has 2 aromatic carbocycles. The van der Waals surface area contributed by atoms with Gasteiger partial charge in [-0.25, -0.2) is 0 Å². The van der Waals surface area contributed by atoms with Gasteiger partial charge in [0.2, 0.25) is 0 Å². The zero-order valence-electron chi connectivity index (χ0n) is 11.0. The van der Waals surface area contributed by atoms with Gasteiger partial charge in [-0.2, -0.15) is 0 Å². The van der Waals surface area contributed by atoms with Gasteiger partial charge in [0.15, 0.2) is 0 Å². The summed E-state index contributed by atoms with van der Waals surface area (Å²) in [6, 6.07) is 14.1. The van der Waals surface area contributed by atoms with Gasteiger partial charge >= 0.3 is 5.97 Å². The molecule has 0 aliphatic rings. The minimum Gasteiger partial charge on any atom is -0.508 e. The molecule has 0 saturated carbocycles. The van der Waals surface area contributed by atoms with Crippen LogP contribution in [0.2, 0.25) is 0 Å². The number of hydrogen-bond donors (Lipinski definition) is 2. The fourth-order valence-corrected chi connectivity index (χ4v) is 1.89. The van der Waals surface area contributed by atoms with E-state index in [1.807, 2.05) is 30.3 Å². The molecule has 0 aliphatic heterocycles. The van der Waals surface area contributed by atoms with Gasteiger partial charge in [0.25, 0.3) is 0 Å². The van der Waals surface area contributed by atoms with Crippen LogP contribution in [0, 0.1) is 0 Å². The molecule has 0 bridgehead atoms. The van der Waals surface area contributed by atoms with Crippen LogP contribution in [0.3, 0.4) is 0 Å². The van der Waals surface area contributed by atoms with Crippen LogP contribution in [0.1, 0.15) is 18.4 Å². The van der Waals surface area contributed by atoms with E-state index in [1.54, 1.807) is 18.2 Å². The second kappa shape index (κ2) is 6.61. The van der Waals surface area contributed by atoms with E-state index in [9.17, 15) is 9.90 Å². The average Bonchev–Trinajstić information content (AvgIpc) is 2.42. The molecule has 0 unspecified atom stereocenters. The molecule has 4 nitrogen and oxygen atoms in total. The number of hydrogen-bond acceptors (Lipinski definition) is 3. The van der Waals surface area contributed by atoms with Crippen molar-refractivity contribution in [3.63, 3.8) is 0 Å². The number of aryl methyl sites for hydroxylation is 1. The van der Waals surface area contributed by atoms with Gasteiger partial charge in [-0.3, -0.25) is 4.79 Å². The lowest BCUT2D eigenvalue weighted by molar-refractivity contribution is -0.137. The van der Waals surface area contributed by atoms with Gasteiger partial charge in [-0.1, -0.05) is 24.3 Å². The predicted molar refractivity (Wildman–Crippen MR) is 75.2 cm³/mol. The highest BCUT2D eigenvalue weighted by molar-refractivity contribution is 5.66. The topological polar surface area (TPSA) is 66.8 Å². The Morgan fingerprint density at radius 2 is 1.85 bits per heavy atom. The molecule has 104 valence electrons. The fraction of sp³-hybridized carbons (Fsp3) is 0.188. The van der Waals surface area contributed by atoms with E-state index < -0.39 is 5.97 Å². The van der Waals surface area contributed by atoms with E-state index in [0.29, 0.717) is 24.3 Å². The molecule has 0 aromatic heterocycles. The van der Waals surface area contributed by atoms with Crippen molar-refractivity contribution in [2.45, 2.75) is 19.3 Å². The maximum absolute atomic E-state index is 10.5. The maximum Gasteiger partial charge on any atom is 0.303 e. The molecule has 0 spiro atoms. The summed E-state index contributed by atoms with van der Waals surface area (Å²) < 4.78 is 5.74. The number of aromatic hydroxyl groups is 1. The minimum absolute atomic E-state index is 0.117. The van der Waals surface area contributed by atoms with Crippen molar-refractivity contribution in [1.82, 2.24) is 0 Å². The Bertz CT molecular complexity index is 578. The lowest BCUT2D eigenvalue weighted by Gasteiger charge is -2.11. The van der Waals surface area contributed by atoms with Gasteiger partial charge in [0.1, 0.15) is 17.2 Å². The molecule has 4 heteroatoms. The van der Waals surface area contributed by atoms with Gasteiger partial charge in [0, 0.05) is 12.5 Å². The second-order valence-corrected chi connectivity index (χ2v) is 4.45. The summed E-state index contributed by atoms with van der Waals surface area (Å²) in [5, 5.41) is 18.2. The summed E-state index contributed by atoms with van der Waals surface area (Å²) in [7, 11) is 0. The van der Waals surface area contributed by atoms with Crippen LogP contribution in [0.5, 0.6) is 17.2 Å². The summed E-state index contributed by atoms with van der Waals surface area (Å²) >= 11 is 0. The van der Waals surface area contributed by atoms with E-state index >= 15 is 0 Å². The van der Waals surface area contributed by atoms with Crippen LogP contribution >= 0.6 is 0 Å². The summed E-state index contributed by atoms with van der Waals surface area (Å²) in [6.07, 6.45) is 1.24. The quantitative estimate of drug-likeness (QED) is 0.843. The lowest BCUT2D eigenvalue weighted by Crippen LogP contribution is -1.97. The Hall–Kier alpha value is -2.49. The Balaban J connectivity index is 2.13. The monoisotopic (exact) mass is 272 g/mol. The molecule has 0 atom stereocenters. The van der Waals surface area contributed by atoms with Crippen molar-refractivity contribution in [2.24, 2.45) is 0 Å². The number of carboxylic acids is 1. The zero-order valence-corrected chi connectivity index (χ0v) is 11.0. The Kier molecular flexibility index (Phi) is 4.60. The van der Waals surface area contributed by atoms with Crippen LogP contribution in [-0.2, 0) is 11.2 Å². The van der Waals surface area contributed by atoms with E-state index in [4.69, 9.17) is 9.84 Å². The van der Waals surface area contributed by atoms with Crippen LogP contribution in [-0.4, -0.2) is 16.2 Å². The molecular weight excluding hydrogens is 256 g/mol. The number of benzene rings is 2. The lowest BCUT2D eigenvalue weighted by atomic mass is 10.1. The number of rotatable bonds is 6. The SMILES string of the molecule is O=C(O)CCCc1ccc(O)cc1Oc1ccccc1. The Morgan fingerprint density at radius 1 is 1.10 bits per heavy atom. The van der Waals surface area contributed by atoms with Crippen molar-refractivity contribution >= 4 is 5.97 Å². The van der Waals surface area contributed by atoms with Gasteiger partial charge in [-0.15, -0.1) is 0 Å². The first kappa shape index (κ1) is 13.9. The standard InChI is InChI=1S/C16H16O4/c17-13-10-9-12(5-4-8-16(18)19)15(11-13)20-14-6-2-1-3-7-14/h1-3,6-7,9-11,17H,4-5,8H2,(H,18,19). The van der Waals surface area contributed by atoms with Crippen LogP contribution in [0.15, 0.2) is 48.5 Å². The van der Waals surface area contributed by atoms with Crippen LogP contribution < -0.4 is 4.74 Å². The van der Waals surface area contributed by atoms with Crippen LogP contribution in [0.4, 0.5) is 0 Å². The van der Waals surface area contributed by atoms with Crippen molar-refractivity contribution in [3.05, 3.63) is 54.1 Å². The Morgan fingerprint density at radius 3 is 2.55 bits per heavy atom. The highest BCUT2D eigenvalue weighted by Crippen LogP contribution is 2.29. The van der Waals surface area contributed by atoms with Crippen molar-refractivity contribution < 1.29 is 19.7 Å². The second-order valence-electron chi connectivity index (χ2n) is 4.45. The summed E-state index contributed by atoms with van der Waals surface area (Å²) in [6.45, 7) is 0. The van der Waals surface area contributed by atoms with E-state index in [2.05, 4.69) is 0 Å². The molecule has 0 saturated heterocycles. The summed E-state index contributed by atoms with van der Waals surface area (Å²) in [5.74, 6) is 0.548. The molecule has 20 heavy (non-hydrogen) atoms. The smallest absolute Gasteiger partial charge is 0.303 e. The average molecular weight is 272 g/mol. The first-order chi connectivity index (χ1) is 9.65. The molecule has 2 aromatic rings. The van der Waals surface area contributed by atoms with E-state index in [1.165, 1.54) is 0 Å². The molecule has 0 fully saturated rings. The first-order valence-electron chi connectivity index (χ1n) is 6.42. The number of aliphatic carboxylic acids is 1. The molecule has 2 N–H and O–H groups in total. The maximum atomic E-state index is 10.5. The number of carboxylic acid groups (broad SMARTS) is 1. The minimum atomic E-state index is -0.811. The highest BCUT2D eigenvalue weighted by Gasteiger charge is 2.07. The third kappa shape index (κ3) is 4.02. The van der Waals surface area contributed by atoms with Crippen molar-refractivity contribution in [1.29, 1.82) is 0 Å². The van der Waals surface area contributed by atoms with Gasteiger partial charge in [0.05, 0.1) is 0 Å². The van der Waals surface area contributed by atoms with Crippen molar-refractivity contribution in [2.75, 3.05) is 0 Å². The number of phenols is 1. The molecule has 2 rings (SSSR count). The number of carbonyl (C=O) groups is 1. The van der Waals surface area contributed by atoms with E-state index in [0.717, 1.165) is 5.56 Å². The van der Waals surface area contributed by atoms with Crippen LogP contribution in [0.25, 0.3) is 0 Å². The fourth-order valence-electron chi connectivity index (χ4n) is 1.89. The van der Waals surface area contributed by atoms with Gasteiger partial charge < -0.3 is 14.9 Å². The third-order valence-corrected chi connectivity index (χ3v) is 2.86. The first-order valence-corrected chi connectivity index (χ1v) is 6.42. The summed E-state index contributed by atoms with van der Waals surface area (Å²) in [5.41, 5.74) is 0.882. The normalized spacial score (nSPS) is 10.2. The Labute approximate surface area is 117 Å². The molecule has 0 heterocycles. The third-order valence-electron chi connectivity index (χ3n) is 2.86. The summed E-state index contributed by atoms with van der Waals surface area (Å²) in [4.78, 5) is 10.5. The predicted octanol–water partition coefficient (Wildman–Crippen LogP) is 3.59. The van der Waals surface area contributed by atoms with E-state index in [-0.39, 0.29) is 12.2 Å². The molecule has 0 amide bonds. The number of phenolic OH excluding ortho intramolecular Hbond substituents is 1. The molecular formula is C16H16O4. The molecule has 0 aliphatic carbocycles.